The van der Waals surface area contributed by atoms with Gasteiger partial charge in [0.25, 0.3) is 0 Å². The monoisotopic (exact) mass is 393 g/mol. The molecule has 0 aliphatic carbocycles. The SMILES string of the molecule is CC(C)c1nc2c(C(C)C)c(C(C)C)c(C(C)C)c(C(C)C)c2[se]1. The van der Waals surface area contributed by atoms with Crippen molar-refractivity contribution >= 4 is 24.3 Å². The Kier molecular flexibility index (Phi) is 6.03. The van der Waals surface area contributed by atoms with Gasteiger partial charge in [0.05, 0.1) is 0 Å². The molecule has 0 fully saturated rings. The Morgan fingerprint density at radius 2 is 0.958 bits per heavy atom. The second-order valence-electron chi connectivity index (χ2n) is 8.66. The Morgan fingerprint density at radius 3 is 1.33 bits per heavy atom. The normalized spacial score (nSPS) is 12.8. The van der Waals surface area contributed by atoms with Crippen LogP contribution in [0.3, 0.4) is 0 Å². The molecular formula is C22H35NSe. The molecule has 0 spiro atoms. The molecule has 1 heterocycles. The summed E-state index contributed by atoms with van der Waals surface area (Å²) >= 11 is 0.395. The molecule has 1 aromatic heterocycles. The summed E-state index contributed by atoms with van der Waals surface area (Å²) in [5.41, 5.74) is 7.72. The molecule has 0 amide bonds. The zero-order chi connectivity index (χ0) is 18.3. The number of hydrogen-bond donors (Lipinski definition) is 0. The third-order valence-electron chi connectivity index (χ3n) is 4.82. The van der Waals surface area contributed by atoms with Crippen molar-refractivity contribution in [2.24, 2.45) is 0 Å². The Labute approximate surface area is 155 Å². The Bertz CT molecular complexity index is 660. The van der Waals surface area contributed by atoms with Gasteiger partial charge in [0.15, 0.2) is 0 Å². The zero-order valence-corrected chi connectivity index (χ0v) is 19.0. The zero-order valence-electron chi connectivity index (χ0n) is 17.2. The minimum atomic E-state index is 0.395. The molecule has 134 valence electrons. The first-order valence-electron chi connectivity index (χ1n) is 9.57. The van der Waals surface area contributed by atoms with E-state index in [0.29, 0.717) is 44.1 Å². The van der Waals surface area contributed by atoms with E-state index in [9.17, 15) is 0 Å². The van der Waals surface area contributed by atoms with E-state index in [-0.39, 0.29) is 0 Å². The molecule has 0 bridgehead atoms. The molecule has 0 saturated heterocycles. The van der Waals surface area contributed by atoms with Crippen LogP contribution in [0, 0.1) is 0 Å². The van der Waals surface area contributed by atoms with Crippen molar-refractivity contribution in [3.8, 4) is 0 Å². The molecule has 0 aliphatic rings. The average Bonchev–Trinajstić information content (AvgIpc) is 2.87. The summed E-state index contributed by atoms with van der Waals surface area (Å²) in [6, 6.07) is 0. The Balaban J connectivity index is 3.09. The summed E-state index contributed by atoms with van der Waals surface area (Å²) in [7, 11) is 0. The third-order valence-corrected chi connectivity index (χ3v) is 7.73. The first kappa shape index (κ1) is 19.7. The van der Waals surface area contributed by atoms with E-state index in [1.165, 1.54) is 15.6 Å². The number of fused-ring (bicyclic) bond motifs is 1. The van der Waals surface area contributed by atoms with Gasteiger partial charge in [0, 0.05) is 0 Å². The quantitative estimate of drug-likeness (QED) is 0.504. The van der Waals surface area contributed by atoms with Gasteiger partial charge in [-0.05, 0) is 0 Å². The summed E-state index contributed by atoms with van der Waals surface area (Å²) in [5.74, 6) is 2.77. The van der Waals surface area contributed by atoms with Crippen molar-refractivity contribution in [3.63, 3.8) is 0 Å². The van der Waals surface area contributed by atoms with Crippen LogP contribution in [0.15, 0.2) is 0 Å². The first-order chi connectivity index (χ1) is 11.1. The molecule has 0 unspecified atom stereocenters. The van der Waals surface area contributed by atoms with Gasteiger partial charge in [0.2, 0.25) is 0 Å². The van der Waals surface area contributed by atoms with Crippen molar-refractivity contribution in [2.45, 2.75) is 98.8 Å². The molecule has 0 radical (unpaired) electrons. The van der Waals surface area contributed by atoms with Crippen LogP contribution in [0.5, 0.6) is 0 Å². The molecule has 2 rings (SSSR count). The molecule has 0 N–H and O–H groups in total. The van der Waals surface area contributed by atoms with Gasteiger partial charge in [-0.1, -0.05) is 0 Å². The number of benzene rings is 1. The van der Waals surface area contributed by atoms with E-state index < -0.39 is 0 Å². The van der Waals surface area contributed by atoms with Gasteiger partial charge in [0.1, 0.15) is 0 Å². The standard InChI is InChI=1S/C22H35NSe/c1-11(2)16-17(12(3)4)19(14(7)8)21-20(18(16)13(5)6)23-22(24-21)15(9)10/h11-15H,1-10H3. The van der Waals surface area contributed by atoms with Crippen molar-refractivity contribution < 1.29 is 0 Å². The maximum absolute atomic E-state index is 5.20. The molecule has 1 aromatic carbocycles. The molecular weight excluding hydrogens is 357 g/mol. The summed E-state index contributed by atoms with van der Waals surface area (Å²) in [6.45, 7) is 23.5. The summed E-state index contributed by atoms with van der Waals surface area (Å²) in [6.07, 6.45) is 0. The fourth-order valence-electron chi connectivity index (χ4n) is 3.89. The van der Waals surface area contributed by atoms with Gasteiger partial charge in [-0.2, -0.15) is 0 Å². The van der Waals surface area contributed by atoms with Gasteiger partial charge in [-0.3, -0.25) is 0 Å². The molecule has 24 heavy (non-hydrogen) atoms. The van der Waals surface area contributed by atoms with Gasteiger partial charge in [-0.15, -0.1) is 0 Å². The molecule has 0 aliphatic heterocycles. The van der Waals surface area contributed by atoms with E-state index in [4.69, 9.17) is 4.98 Å². The van der Waals surface area contributed by atoms with Gasteiger partial charge < -0.3 is 0 Å². The number of hydrogen-bond acceptors (Lipinski definition) is 1. The van der Waals surface area contributed by atoms with Crippen LogP contribution in [0.2, 0.25) is 0 Å². The predicted molar refractivity (Wildman–Crippen MR) is 109 cm³/mol. The van der Waals surface area contributed by atoms with Crippen LogP contribution in [0.4, 0.5) is 0 Å². The van der Waals surface area contributed by atoms with Crippen LogP contribution in [0.1, 0.15) is 126 Å². The van der Waals surface area contributed by atoms with Gasteiger partial charge in [-0.25, -0.2) is 0 Å². The van der Waals surface area contributed by atoms with E-state index >= 15 is 0 Å². The van der Waals surface area contributed by atoms with Crippen LogP contribution >= 0.6 is 0 Å². The van der Waals surface area contributed by atoms with Crippen LogP contribution in [0.25, 0.3) is 9.78 Å². The van der Waals surface area contributed by atoms with Crippen molar-refractivity contribution in [2.75, 3.05) is 0 Å². The van der Waals surface area contributed by atoms with Crippen molar-refractivity contribution in [1.82, 2.24) is 4.98 Å². The summed E-state index contributed by atoms with van der Waals surface area (Å²) in [4.78, 5) is 5.20. The maximum atomic E-state index is 5.20. The molecule has 2 aromatic rings. The fourth-order valence-corrected chi connectivity index (χ4v) is 6.60. The van der Waals surface area contributed by atoms with Crippen molar-refractivity contribution in [1.29, 1.82) is 0 Å². The first-order valence-corrected chi connectivity index (χ1v) is 11.3. The molecule has 0 atom stereocenters. The number of aromatic nitrogens is 1. The summed E-state index contributed by atoms with van der Waals surface area (Å²) in [5, 5.41) is 0. The second-order valence-corrected chi connectivity index (χ2v) is 10.8. The van der Waals surface area contributed by atoms with Gasteiger partial charge >= 0.3 is 155 Å². The predicted octanol–water partition coefficient (Wildman–Crippen LogP) is 6.91. The number of rotatable bonds is 5. The Hall–Kier alpha value is -0.591. The van der Waals surface area contributed by atoms with Crippen LogP contribution in [-0.2, 0) is 0 Å². The van der Waals surface area contributed by atoms with E-state index in [1.54, 1.807) is 21.0 Å². The van der Waals surface area contributed by atoms with Crippen LogP contribution < -0.4 is 0 Å². The minimum absolute atomic E-state index is 0.395. The van der Waals surface area contributed by atoms with E-state index in [1.807, 2.05) is 0 Å². The fraction of sp³-hybridized carbons (Fsp3) is 0.682. The van der Waals surface area contributed by atoms with E-state index in [2.05, 4.69) is 69.2 Å². The Morgan fingerprint density at radius 1 is 0.542 bits per heavy atom. The van der Waals surface area contributed by atoms with E-state index in [0.717, 1.165) is 0 Å². The summed E-state index contributed by atoms with van der Waals surface area (Å²) < 4.78 is 3.02. The number of nitrogens with zero attached hydrogens (tertiary/aromatic N) is 1. The third kappa shape index (κ3) is 3.37. The van der Waals surface area contributed by atoms with Crippen LogP contribution in [-0.4, -0.2) is 19.5 Å². The molecule has 0 saturated carbocycles. The second kappa shape index (κ2) is 7.34. The average molecular weight is 392 g/mol. The molecule has 1 nitrogen and oxygen atoms in total. The van der Waals surface area contributed by atoms with Crippen molar-refractivity contribution in [3.05, 3.63) is 26.8 Å². The molecule has 2 heteroatoms. The topological polar surface area (TPSA) is 12.9 Å².